The number of carbonyl (C=O) groups excluding carboxylic acids is 1. The van der Waals surface area contributed by atoms with Gasteiger partial charge in [-0.05, 0) is 59.0 Å². The van der Waals surface area contributed by atoms with Crippen LogP contribution < -0.4 is 15.0 Å². The molecule has 3 aliphatic heterocycles. The highest BCUT2D eigenvalue weighted by Gasteiger charge is 2.45. The highest BCUT2D eigenvalue weighted by molar-refractivity contribution is 5.77. The van der Waals surface area contributed by atoms with Crippen molar-refractivity contribution in [3.8, 4) is 6.01 Å². The van der Waals surface area contributed by atoms with Crippen LogP contribution in [0.1, 0.15) is 49.8 Å². The van der Waals surface area contributed by atoms with Gasteiger partial charge in [-0.1, -0.05) is 0 Å². The van der Waals surface area contributed by atoms with Crippen molar-refractivity contribution in [1.82, 2.24) is 25.2 Å². The van der Waals surface area contributed by atoms with Crippen LogP contribution in [0.2, 0.25) is 0 Å². The summed E-state index contributed by atoms with van der Waals surface area (Å²) in [6.07, 6.45) is 5.46. The molecule has 3 fully saturated rings. The van der Waals surface area contributed by atoms with Crippen LogP contribution in [0.4, 0.5) is 5.82 Å². The third-order valence-corrected chi connectivity index (χ3v) is 7.48. The highest BCUT2D eigenvalue weighted by Crippen LogP contribution is 2.39. The van der Waals surface area contributed by atoms with E-state index in [2.05, 4.69) is 31.9 Å². The summed E-state index contributed by atoms with van der Waals surface area (Å²) in [5.74, 6) is 0.507. The van der Waals surface area contributed by atoms with Crippen LogP contribution in [0.5, 0.6) is 6.01 Å². The molecule has 0 spiro atoms. The number of aryl methyl sites for hydroxylation is 1. The zero-order chi connectivity index (χ0) is 24.3. The maximum absolute atomic E-state index is 11.9. The number of hydrogen-bond donors (Lipinski definition) is 2. The summed E-state index contributed by atoms with van der Waals surface area (Å²) in [5.41, 5.74) is 2.53. The standard InChI is InChI=1S/C24H37N7O3/c1-17-18(2)27-23(34-16-24-8-5-11-30(24)12-6-9-24)28-22(17)29-10-7-13-31(26-4)19(15-29)20(32)14-21(33)25-3/h32H,4-16H2,1-3H3,(H,25,33)/b20-19+. The van der Waals surface area contributed by atoms with Crippen molar-refractivity contribution >= 4 is 18.4 Å². The van der Waals surface area contributed by atoms with E-state index in [1.165, 1.54) is 25.7 Å². The first-order valence-corrected chi connectivity index (χ1v) is 12.2. The maximum atomic E-state index is 11.9. The van der Waals surface area contributed by atoms with Crippen LogP contribution in [0, 0.1) is 13.8 Å². The number of aliphatic hydroxyl groups excluding tert-OH is 1. The van der Waals surface area contributed by atoms with E-state index >= 15 is 0 Å². The van der Waals surface area contributed by atoms with E-state index in [0.717, 1.165) is 43.1 Å². The fourth-order valence-electron chi connectivity index (χ4n) is 5.43. The average Bonchev–Trinajstić information content (AvgIpc) is 3.32. The smallest absolute Gasteiger partial charge is 0.318 e. The van der Waals surface area contributed by atoms with Crippen LogP contribution in [-0.4, -0.2) is 89.5 Å². The van der Waals surface area contributed by atoms with Crippen molar-refractivity contribution in [2.24, 2.45) is 5.10 Å². The lowest BCUT2D eigenvalue weighted by molar-refractivity contribution is -0.120. The summed E-state index contributed by atoms with van der Waals surface area (Å²) >= 11 is 0. The Morgan fingerprint density at radius 3 is 2.59 bits per heavy atom. The number of hydrazone groups is 1. The van der Waals surface area contributed by atoms with E-state index in [1.807, 2.05) is 13.8 Å². The number of fused-ring (bicyclic) bond motifs is 1. The fraction of sp³-hybridized carbons (Fsp3) is 0.667. The van der Waals surface area contributed by atoms with Crippen molar-refractivity contribution in [1.29, 1.82) is 0 Å². The molecule has 1 aromatic rings. The van der Waals surface area contributed by atoms with Crippen LogP contribution in [0.15, 0.2) is 16.6 Å². The van der Waals surface area contributed by atoms with Crippen molar-refractivity contribution in [3.05, 3.63) is 22.7 Å². The molecule has 186 valence electrons. The molecule has 10 nitrogen and oxygen atoms in total. The molecule has 0 atom stereocenters. The number of amides is 1. The second-order valence-electron chi connectivity index (χ2n) is 9.53. The first-order chi connectivity index (χ1) is 16.4. The number of aliphatic hydroxyl groups is 1. The minimum Gasteiger partial charge on any atom is -0.510 e. The molecule has 0 radical (unpaired) electrons. The Balaban J connectivity index is 1.58. The molecule has 10 heteroatoms. The van der Waals surface area contributed by atoms with Gasteiger partial charge in [0.2, 0.25) is 5.91 Å². The number of hydrogen-bond acceptors (Lipinski definition) is 9. The van der Waals surface area contributed by atoms with Crippen molar-refractivity contribution in [3.63, 3.8) is 0 Å². The predicted octanol–water partition coefficient (Wildman–Crippen LogP) is 2.13. The monoisotopic (exact) mass is 471 g/mol. The van der Waals surface area contributed by atoms with Crippen LogP contribution in [-0.2, 0) is 4.79 Å². The van der Waals surface area contributed by atoms with Gasteiger partial charge in [0.15, 0.2) is 0 Å². The van der Waals surface area contributed by atoms with E-state index in [-0.39, 0.29) is 23.6 Å². The van der Waals surface area contributed by atoms with Gasteiger partial charge in [0.05, 0.1) is 24.2 Å². The number of ether oxygens (including phenoxy) is 1. The maximum Gasteiger partial charge on any atom is 0.318 e. The van der Waals surface area contributed by atoms with Gasteiger partial charge in [0, 0.05) is 38.1 Å². The van der Waals surface area contributed by atoms with Gasteiger partial charge in [0.25, 0.3) is 0 Å². The van der Waals surface area contributed by atoms with Gasteiger partial charge in [-0.15, -0.1) is 0 Å². The molecule has 3 aliphatic rings. The Morgan fingerprint density at radius 1 is 1.18 bits per heavy atom. The van der Waals surface area contributed by atoms with Gasteiger partial charge >= 0.3 is 6.01 Å². The van der Waals surface area contributed by atoms with Gasteiger partial charge < -0.3 is 20.1 Å². The predicted molar refractivity (Wildman–Crippen MR) is 131 cm³/mol. The average molecular weight is 472 g/mol. The summed E-state index contributed by atoms with van der Waals surface area (Å²) in [6.45, 7) is 12.2. The molecule has 4 heterocycles. The minimum atomic E-state index is -0.262. The van der Waals surface area contributed by atoms with Crippen LogP contribution >= 0.6 is 0 Å². The van der Waals surface area contributed by atoms with Gasteiger partial charge in [0.1, 0.15) is 18.2 Å². The summed E-state index contributed by atoms with van der Waals surface area (Å²) in [5, 5.41) is 19.0. The molecular formula is C24H37N7O3. The Morgan fingerprint density at radius 2 is 1.91 bits per heavy atom. The Hall–Kier alpha value is -2.88. The lowest BCUT2D eigenvalue weighted by Crippen LogP contribution is -2.43. The summed E-state index contributed by atoms with van der Waals surface area (Å²) in [6, 6.07) is 0.397. The zero-order valence-electron chi connectivity index (χ0n) is 20.6. The lowest BCUT2D eigenvalue weighted by atomic mass is 9.95. The van der Waals surface area contributed by atoms with Crippen LogP contribution in [0.3, 0.4) is 0 Å². The van der Waals surface area contributed by atoms with E-state index in [4.69, 9.17) is 9.72 Å². The van der Waals surface area contributed by atoms with Crippen molar-refractivity contribution in [2.75, 3.05) is 51.3 Å². The van der Waals surface area contributed by atoms with Crippen molar-refractivity contribution in [2.45, 2.75) is 57.9 Å². The minimum absolute atomic E-state index is 0.0137. The molecule has 34 heavy (non-hydrogen) atoms. The van der Waals surface area contributed by atoms with Gasteiger partial charge in [-0.25, -0.2) is 4.98 Å². The molecule has 4 rings (SSSR count). The summed E-state index contributed by atoms with van der Waals surface area (Å²) in [4.78, 5) is 26.0. The topological polar surface area (TPSA) is 106 Å². The summed E-state index contributed by atoms with van der Waals surface area (Å²) in [7, 11) is 1.55. The lowest BCUT2D eigenvalue weighted by Gasteiger charge is -2.31. The van der Waals surface area contributed by atoms with E-state index in [1.54, 1.807) is 12.1 Å². The molecule has 0 unspecified atom stereocenters. The van der Waals surface area contributed by atoms with Gasteiger partial charge in [-0.3, -0.25) is 14.7 Å². The molecule has 1 aromatic heterocycles. The first-order valence-electron chi connectivity index (χ1n) is 12.2. The quantitative estimate of drug-likeness (QED) is 0.460. The van der Waals surface area contributed by atoms with E-state index < -0.39 is 0 Å². The van der Waals surface area contributed by atoms with E-state index in [9.17, 15) is 9.90 Å². The fourth-order valence-corrected chi connectivity index (χ4v) is 5.43. The number of rotatable bonds is 7. The molecule has 0 aliphatic carbocycles. The molecular weight excluding hydrogens is 434 g/mol. The Kier molecular flexibility index (Phi) is 7.25. The molecule has 2 N–H and O–H groups in total. The van der Waals surface area contributed by atoms with Crippen molar-refractivity contribution < 1.29 is 14.6 Å². The Bertz CT molecular complexity index is 954. The number of nitrogens with one attached hydrogen (secondary N) is 1. The summed E-state index contributed by atoms with van der Waals surface area (Å²) < 4.78 is 6.23. The Labute approximate surface area is 201 Å². The molecule has 0 aromatic carbocycles. The third kappa shape index (κ3) is 4.82. The highest BCUT2D eigenvalue weighted by atomic mass is 16.5. The third-order valence-electron chi connectivity index (χ3n) is 7.48. The molecule has 3 saturated heterocycles. The number of nitrogens with zero attached hydrogens (tertiary/aromatic N) is 6. The first kappa shape index (κ1) is 24.3. The zero-order valence-corrected chi connectivity index (χ0v) is 20.6. The van der Waals surface area contributed by atoms with Gasteiger partial charge in [-0.2, -0.15) is 10.1 Å². The number of carbonyl (C=O) groups is 1. The molecule has 0 bridgehead atoms. The normalized spacial score (nSPS) is 21.7. The second-order valence-corrected chi connectivity index (χ2v) is 9.53. The van der Waals surface area contributed by atoms with Crippen LogP contribution in [0.25, 0.3) is 0 Å². The molecule has 1 amide bonds. The number of aromatic nitrogens is 2. The second kappa shape index (κ2) is 10.2. The van der Waals surface area contributed by atoms with E-state index in [0.29, 0.717) is 31.4 Å². The molecule has 0 saturated carbocycles. The SMILES string of the molecule is C=NN1CCCN(c2nc(OCC34CCCN3CCC4)nc(C)c2C)C/C1=C(\O)CC(=O)NC. The number of anilines is 1. The largest absolute Gasteiger partial charge is 0.510 e.